The molecular formula is C12H14FN3S. The minimum absolute atomic E-state index is 0.0805. The molecule has 2 rings (SSSR count). The zero-order valence-electron chi connectivity index (χ0n) is 9.56. The molecule has 1 heterocycles. The third-order valence-corrected chi connectivity index (χ3v) is 3.33. The van der Waals surface area contributed by atoms with Crippen LogP contribution in [0, 0.1) is 5.82 Å². The second-order valence-corrected chi connectivity index (χ2v) is 4.54. The Morgan fingerprint density at radius 3 is 2.88 bits per heavy atom. The Balaban J connectivity index is 2.16. The quantitative estimate of drug-likeness (QED) is 0.887. The van der Waals surface area contributed by atoms with E-state index in [0.717, 1.165) is 11.4 Å². The Kier molecular flexibility index (Phi) is 4.17. The van der Waals surface area contributed by atoms with Gasteiger partial charge >= 0.3 is 0 Å². The van der Waals surface area contributed by atoms with E-state index in [1.807, 2.05) is 19.1 Å². The molecule has 1 aromatic carbocycles. The summed E-state index contributed by atoms with van der Waals surface area (Å²) in [5, 5.41) is 7.15. The van der Waals surface area contributed by atoms with Crippen LogP contribution in [0.5, 0.6) is 0 Å². The van der Waals surface area contributed by atoms with E-state index in [9.17, 15) is 4.39 Å². The van der Waals surface area contributed by atoms with E-state index in [-0.39, 0.29) is 11.9 Å². The molecule has 2 aromatic rings. The van der Waals surface area contributed by atoms with Crippen molar-refractivity contribution in [3.63, 3.8) is 0 Å². The lowest BCUT2D eigenvalue weighted by Gasteiger charge is -2.15. The summed E-state index contributed by atoms with van der Waals surface area (Å²) in [4.78, 5) is 1.04. The van der Waals surface area contributed by atoms with Crippen LogP contribution in [0.3, 0.4) is 0 Å². The second kappa shape index (κ2) is 5.84. The number of hydrogen-bond acceptors (Lipinski definition) is 4. The van der Waals surface area contributed by atoms with Gasteiger partial charge in [0.15, 0.2) is 0 Å². The average Bonchev–Trinajstić information content (AvgIpc) is 2.85. The lowest BCUT2D eigenvalue weighted by molar-refractivity contribution is 0.533. The van der Waals surface area contributed by atoms with Gasteiger partial charge in [-0.25, -0.2) is 4.39 Å². The Morgan fingerprint density at radius 2 is 2.24 bits per heavy atom. The molecule has 0 aliphatic heterocycles. The highest BCUT2D eigenvalue weighted by Gasteiger charge is 2.15. The monoisotopic (exact) mass is 251 g/mol. The maximum atomic E-state index is 13.6. The standard InChI is InChI=1S/C12H14FN3S/c1-2-14-11(12-8-15-16-17-12)7-9-5-3-4-6-10(9)13/h3-6,8,11,14H,2,7H2,1H3. The van der Waals surface area contributed by atoms with Crippen LogP contribution in [0.25, 0.3) is 0 Å². The molecule has 1 atom stereocenters. The molecule has 90 valence electrons. The fraction of sp³-hybridized carbons (Fsp3) is 0.333. The third kappa shape index (κ3) is 3.08. The number of nitrogens with zero attached hydrogens (tertiary/aromatic N) is 2. The molecule has 0 spiro atoms. The molecule has 0 aliphatic carbocycles. The van der Waals surface area contributed by atoms with Crippen molar-refractivity contribution in [2.24, 2.45) is 0 Å². The van der Waals surface area contributed by atoms with Crippen LogP contribution in [0.1, 0.15) is 23.4 Å². The number of hydrogen-bond donors (Lipinski definition) is 1. The highest BCUT2D eigenvalue weighted by Crippen LogP contribution is 2.21. The number of nitrogens with one attached hydrogen (secondary N) is 1. The van der Waals surface area contributed by atoms with E-state index in [2.05, 4.69) is 14.9 Å². The van der Waals surface area contributed by atoms with Gasteiger partial charge in [0.25, 0.3) is 0 Å². The maximum absolute atomic E-state index is 13.6. The van der Waals surface area contributed by atoms with Crippen molar-refractivity contribution in [3.8, 4) is 0 Å². The minimum Gasteiger partial charge on any atom is -0.309 e. The fourth-order valence-corrected chi connectivity index (χ4v) is 2.31. The van der Waals surface area contributed by atoms with Crippen molar-refractivity contribution in [3.05, 3.63) is 46.7 Å². The van der Waals surface area contributed by atoms with Gasteiger partial charge in [-0.1, -0.05) is 29.6 Å². The summed E-state index contributed by atoms with van der Waals surface area (Å²) in [5.74, 6) is -0.159. The molecule has 1 unspecified atom stereocenters. The largest absolute Gasteiger partial charge is 0.309 e. The number of halogens is 1. The molecule has 0 amide bonds. The Labute approximate surface area is 104 Å². The number of aromatic nitrogens is 2. The molecule has 17 heavy (non-hydrogen) atoms. The molecule has 0 saturated heterocycles. The van der Waals surface area contributed by atoms with Gasteiger partial charge in [0.1, 0.15) is 5.82 Å². The third-order valence-electron chi connectivity index (χ3n) is 2.55. The highest BCUT2D eigenvalue weighted by molar-refractivity contribution is 7.05. The average molecular weight is 251 g/mol. The summed E-state index contributed by atoms with van der Waals surface area (Å²) < 4.78 is 17.4. The molecule has 0 bridgehead atoms. The minimum atomic E-state index is -0.159. The van der Waals surface area contributed by atoms with Crippen LogP contribution in [0.2, 0.25) is 0 Å². The predicted molar refractivity (Wildman–Crippen MR) is 66.4 cm³/mol. The lowest BCUT2D eigenvalue weighted by atomic mass is 10.0. The van der Waals surface area contributed by atoms with Gasteiger partial charge in [0.05, 0.1) is 11.1 Å². The van der Waals surface area contributed by atoms with Gasteiger partial charge in [0, 0.05) is 6.04 Å². The van der Waals surface area contributed by atoms with Crippen LogP contribution in [0.15, 0.2) is 30.5 Å². The molecule has 0 saturated carbocycles. The van der Waals surface area contributed by atoms with E-state index >= 15 is 0 Å². The summed E-state index contributed by atoms with van der Waals surface area (Å²) >= 11 is 1.35. The zero-order chi connectivity index (χ0) is 12.1. The van der Waals surface area contributed by atoms with E-state index in [1.54, 1.807) is 12.3 Å². The molecule has 0 radical (unpaired) electrons. The molecule has 1 N–H and O–H groups in total. The van der Waals surface area contributed by atoms with Crippen LogP contribution >= 0.6 is 11.5 Å². The van der Waals surface area contributed by atoms with Crippen LogP contribution < -0.4 is 5.32 Å². The van der Waals surface area contributed by atoms with Gasteiger partial charge in [-0.2, -0.15) is 0 Å². The van der Waals surface area contributed by atoms with E-state index in [4.69, 9.17) is 0 Å². The van der Waals surface area contributed by atoms with Crippen LogP contribution in [-0.4, -0.2) is 16.1 Å². The topological polar surface area (TPSA) is 37.8 Å². The Hall–Kier alpha value is -1.33. The van der Waals surface area contributed by atoms with Crippen molar-refractivity contribution >= 4 is 11.5 Å². The van der Waals surface area contributed by atoms with E-state index in [0.29, 0.717) is 12.0 Å². The van der Waals surface area contributed by atoms with Crippen molar-refractivity contribution < 1.29 is 4.39 Å². The van der Waals surface area contributed by atoms with E-state index in [1.165, 1.54) is 17.6 Å². The Bertz CT molecular complexity index is 459. The molecule has 0 aliphatic rings. The zero-order valence-corrected chi connectivity index (χ0v) is 10.4. The number of rotatable bonds is 5. The normalized spacial score (nSPS) is 12.6. The van der Waals surface area contributed by atoms with Crippen molar-refractivity contribution in [2.45, 2.75) is 19.4 Å². The summed E-state index contributed by atoms with van der Waals surface area (Å²) in [7, 11) is 0. The van der Waals surface area contributed by atoms with Crippen molar-refractivity contribution in [2.75, 3.05) is 6.54 Å². The molecular weight excluding hydrogens is 237 g/mol. The summed E-state index contributed by atoms with van der Waals surface area (Å²) in [6.07, 6.45) is 2.35. The number of benzene rings is 1. The first kappa shape index (κ1) is 12.1. The summed E-state index contributed by atoms with van der Waals surface area (Å²) in [6.45, 7) is 2.86. The van der Waals surface area contributed by atoms with Gasteiger partial charge in [0.2, 0.25) is 0 Å². The molecule has 3 nitrogen and oxygen atoms in total. The molecule has 5 heteroatoms. The molecule has 1 aromatic heterocycles. The smallest absolute Gasteiger partial charge is 0.126 e. The SMILES string of the molecule is CCNC(Cc1ccccc1F)c1cnns1. The van der Waals surface area contributed by atoms with Crippen molar-refractivity contribution in [1.82, 2.24) is 14.9 Å². The van der Waals surface area contributed by atoms with Crippen LogP contribution in [-0.2, 0) is 6.42 Å². The predicted octanol–water partition coefficient (Wildman–Crippen LogP) is 2.57. The Morgan fingerprint density at radius 1 is 1.41 bits per heavy atom. The first-order chi connectivity index (χ1) is 8.31. The van der Waals surface area contributed by atoms with E-state index < -0.39 is 0 Å². The second-order valence-electron chi connectivity index (χ2n) is 3.73. The van der Waals surface area contributed by atoms with Crippen molar-refractivity contribution in [1.29, 1.82) is 0 Å². The first-order valence-corrected chi connectivity index (χ1v) is 6.32. The highest BCUT2D eigenvalue weighted by atomic mass is 32.1. The fourth-order valence-electron chi connectivity index (χ4n) is 1.73. The molecule has 0 fully saturated rings. The number of likely N-dealkylation sites (N-methyl/N-ethyl adjacent to an activating group) is 1. The summed E-state index contributed by atoms with van der Waals surface area (Å²) in [5.41, 5.74) is 0.715. The lowest BCUT2D eigenvalue weighted by Crippen LogP contribution is -2.22. The van der Waals surface area contributed by atoms with Gasteiger partial charge in [-0.15, -0.1) is 5.10 Å². The van der Waals surface area contributed by atoms with Gasteiger partial charge in [-0.3, -0.25) is 0 Å². The summed E-state index contributed by atoms with van der Waals surface area (Å²) in [6, 6.07) is 6.94. The van der Waals surface area contributed by atoms with Gasteiger partial charge < -0.3 is 5.32 Å². The van der Waals surface area contributed by atoms with Crippen LogP contribution in [0.4, 0.5) is 4.39 Å². The first-order valence-electron chi connectivity index (χ1n) is 5.55. The maximum Gasteiger partial charge on any atom is 0.126 e. The van der Waals surface area contributed by atoms with Gasteiger partial charge in [-0.05, 0) is 36.1 Å².